The first-order valence-electron chi connectivity index (χ1n) is 8.87. The van der Waals surface area contributed by atoms with Crippen LogP contribution >= 0.6 is 0 Å². The van der Waals surface area contributed by atoms with Crippen LogP contribution in [0.1, 0.15) is 12.5 Å². The molecule has 0 aliphatic carbocycles. The van der Waals surface area contributed by atoms with E-state index in [9.17, 15) is 4.79 Å². The first kappa shape index (κ1) is 20.1. The Balaban J connectivity index is 1.83. The highest BCUT2D eigenvalue weighted by molar-refractivity contribution is 5.79. The minimum Gasteiger partial charge on any atom is -0.492 e. The van der Waals surface area contributed by atoms with Gasteiger partial charge in [0.2, 0.25) is 0 Å². The van der Waals surface area contributed by atoms with Crippen LogP contribution in [0.25, 0.3) is 0 Å². The number of para-hydroxylation sites is 1. The van der Waals surface area contributed by atoms with Gasteiger partial charge in [-0.1, -0.05) is 30.3 Å². The number of rotatable bonds is 10. The van der Waals surface area contributed by atoms with Crippen LogP contribution in [0.2, 0.25) is 0 Å². The molecule has 0 fully saturated rings. The largest absolute Gasteiger partial charge is 0.492 e. The summed E-state index contributed by atoms with van der Waals surface area (Å²) in [6.45, 7) is 4.26. The predicted molar refractivity (Wildman–Crippen MR) is 106 cm³/mol. The molecule has 0 atom stereocenters. The molecule has 1 amide bonds. The fourth-order valence-corrected chi connectivity index (χ4v) is 2.26. The number of nitrogens with one attached hydrogen (secondary N) is 2. The van der Waals surface area contributed by atoms with Gasteiger partial charge in [-0.15, -0.1) is 0 Å². The van der Waals surface area contributed by atoms with E-state index in [2.05, 4.69) is 15.6 Å². The minimum absolute atomic E-state index is 0.141. The number of aliphatic imine (C=N–C) groups is 1. The summed E-state index contributed by atoms with van der Waals surface area (Å²) < 4.78 is 11.0. The van der Waals surface area contributed by atoms with Gasteiger partial charge in [-0.3, -0.25) is 4.79 Å². The summed E-state index contributed by atoms with van der Waals surface area (Å²) in [5.74, 6) is 1.64. The molecule has 0 aromatic heterocycles. The van der Waals surface area contributed by atoms with E-state index < -0.39 is 5.91 Å². The maximum absolute atomic E-state index is 10.8. The highest BCUT2D eigenvalue weighted by atomic mass is 16.5. The van der Waals surface area contributed by atoms with E-state index in [0.29, 0.717) is 31.4 Å². The lowest BCUT2D eigenvalue weighted by Gasteiger charge is -2.12. The maximum atomic E-state index is 10.8. The molecule has 0 saturated carbocycles. The number of primary amides is 1. The molecular weight excluding hydrogens is 344 g/mol. The van der Waals surface area contributed by atoms with Gasteiger partial charge in [-0.2, -0.15) is 0 Å². The van der Waals surface area contributed by atoms with Crippen LogP contribution < -0.4 is 25.8 Å². The zero-order chi connectivity index (χ0) is 19.3. The van der Waals surface area contributed by atoms with Crippen molar-refractivity contribution in [2.75, 3.05) is 26.3 Å². The molecule has 144 valence electrons. The van der Waals surface area contributed by atoms with Gasteiger partial charge >= 0.3 is 0 Å². The van der Waals surface area contributed by atoms with Gasteiger partial charge in [-0.25, -0.2) is 4.99 Å². The van der Waals surface area contributed by atoms with Gasteiger partial charge in [0, 0.05) is 6.54 Å². The predicted octanol–water partition coefficient (Wildman–Crippen LogP) is 1.68. The number of carbonyl (C=O) groups excluding carboxylic acids is 1. The molecule has 0 heterocycles. The highest BCUT2D eigenvalue weighted by Gasteiger charge is 2.01. The Hall–Kier alpha value is -3.22. The van der Waals surface area contributed by atoms with Crippen molar-refractivity contribution in [1.29, 1.82) is 0 Å². The molecule has 0 saturated heterocycles. The summed E-state index contributed by atoms with van der Waals surface area (Å²) in [6.07, 6.45) is 0. The maximum Gasteiger partial charge on any atom is 0.255 e. The second-order valence-electron chi connectivity index (χ2n) is 5.69. The summed E-state index contributed by atoms with van der Waals surface area (Å²) >= 11 is 0. The number of amides is 1. The Kier molecular flexibility index (Phi) is 8.49. The highest BCUT2D eigenvalue weighted by Crippen LogP contribution is 2.14. The number of ether oxygens (including phenoxy) is 2. The number of benzene rings is 2. The van der Waals surface area contributed by atoms with Crippen molar-refractivity contribution in [2.24, 2.45) is 10.7 Å². The Morgan fingerprint density at radius 3 is 2.56 bits per heavy atom. The topological polar surface area (TPSA) is 98.0 Å². The summed E-state index contributed by atoms with van der Waals surface area (Å²) in [7, 11) is 0. The Morgan fingerprint density at radius 2 is 1.81 bits per heavy atom. The monoisotopic (exact) mass is 370 g/mol. The summed E-state index contributed by atoms with van der Waals surface area (Å²) in [5, 5.41) is 6.43. The third-order valence-electron chi connectivity index (χ3n) is 3.45. The Bertz CT molecular complexity index is 735. The second kappa shape index (κ2) is 11.4. The zero-order valence-electron chi connectivity index (χ0n) is 15.5. The average Bonchev–Trinajstić information content (AvgIpc) is 2.69. The van der Waals surface area contributed by atoms with Gasteiger partial charge in [0.1, 0.15) is 18.1 Å². The van der Waals surface area contributed by atoms with E-state index >= 15 is 0 Å². The third-order valence-corrected chi connectivity index (χ3v) is 3.45. The van der Waals surface area contributed by atoms with E-state index in [4.69, 9.17) is 15.2 Å². The van der Waals surface area contributed by atoms with Crippen molar-refractivity contribution >= 4 is 11.9 Å². The van der Waals surface area contributed by atoms with Crippen LogP contribution in [0.3, 0.4) is 0 Å². The third kappa shape index (κ3) is 8.13. The van der Waals surface area contributed by atoms with E-state index in [-0.39, 0.29) is 6.61 Å². The second-order valence-corrected chi connectivity index (χ2v) is 5.69. The molecule has 4 N–H and O–H groups in total. The van der Waals surface area contributed by atoms with Crippen LogP contribution in [-0.2, 0) is 11.3 Å². The smallest absolute Gasteiger partial charge is 0.255 e. The lowest BCUT2D eigenvalue weighted by molar-refractivity contribution is -0.119. The number of hydrogen-bond donors (Lipinski definition) is 3. The molecule has 7 heteroatoms. The van der Waals surface area contributed by atoms with Crippen molar-refractivity contribution in [3.8, 4) is 11.5 Å². The van der Waals surface area contributed by atoms with Crippen molar-refractivity contribution in [1.82, 2.24) is 10.6 Å². The molecule has 0 bridgehead atoms. The van der Waals surface area contributed by atoms with Crippen LogP contribution in [0, 0.1) is 0 Å². The summed E-state index contributed by atoms with van der Waals surface area (Å²) in [5.41, 5.74) is 6.06. The van der Waals surface area contributed by atoms with E-state index in [0.717, 1.165) is 17.9 Å². The summed E-state index contributed by atoms with van der Waals surface area (Å²) in [4.78, 5) is 15.4. The molecule has 2 rings (SSSR count). The van der Waals surface area contributed by atoms with Crippen LogP contribution in [0.4, 0.5) is 0 Å². The quantitative estimate of drug-likeness (QED) is 0.336. The van der Waals surface area contributed by atoms with Gasteiger partial charge in [0.25, 0.3) is 5.91 Å². The Morgan fingerprint density at radius 1 is 1.04 bits per heavy atom. The number of hydrogen-bond acceptors (Lipinski definition) is 4. The van der Waals surface area contributed by atoms with Crippen molar-refractivity contribution < 1.29 is 14.3 Å². The fraction of sp³-hybridized carbons (Fsp3) is 0.300. The van der Waals surface area contributed by atoms with Crippen molar-refractivity contribution in [3.63, 3.8) is 0 Å². The van der Waals surface area contributed by atoms with Gasteiger partial charge < -0.3 is 25.8 Å². The number of nitrogens with zero attached hydrogens (tertiary/aromatic N) is 1. The standard InChI is InChI=1S/C20H26N4O3/c1-2-22-20(23-11-12-26-17-8-4-3-5-9-17)24-14-16-7-6-10-18(13-16)27-15-19(21)25/h3-10,13H,2,11-12,14-15H2,1H3,(H2,21,25)(H2,22,23,24). The molecule has 0 radical (unpaired) electrons. The Labute approximate surface area is 159 Å². The van der Waals surface area contributed by atoms with Gasteiger partial charge in [0.05, 0.1) is 13.1 Å². The normalized spacial score (nSPS) is 10.9. The lowest BCUT2D eigenvalue weighted by Crippen LogP contribution is -2.39. The number of carbonyl (C=O) groups is 1. The van der Waals surface area contributed by atoms with Crippen molar-refractivity contribution in [3.05, 3.63) is 60.2 Å². The lowest BCUT2D eigenvalue weighted by atomic mass is 10.2. The molecule has 7 nitrogen and oxygen atoms in total. The zero-order valence-corrected chi connectivity index (χ0v) is 15.5. The molecule has 0 aliphatic rings. The molecule has 0 unspecified atom stereocenters. The number of nitrogens with two attached hydrogens (primary N) is 1. The average molecular weight is 370 g/mol. The summed E-state index contributed by atoms with van der Waals surface area (Å²) in [6, 6.07) is 17.1. The van der Waals surface area contributed by atoms with Gasteiger partial charge in [-0.05, 0) is 36.8 Å². The molecule has 2 aromatic rings. The first-order chi connectivity index (χ1) is 13.2. The number of guanidine groups is 1. The van der Waals surface area contributed by atoms with Crippen LogP contribution in [0.5, 0.6) is 11.5 Å². The van der Waals surface area contributed by atoms with E-state index in [1.165, 1.54) is 0 Å². The van der Waals surface area contributed by atoms with Crippen molar-refractivity contribution in [2.45, 2.75) is 13.5 Å². The molecule has 27 heavy (non-hydrogen) atoms. The van der Waals surface area contributed by atoms with E-state index in [1.807, 2.05) is 55.5 Å². The molecular formula is C20H26N4O3. The molecule has 0 spiro atoms. The minimum atomic E-state index is -0.505. The SMILES string of the molecule is CCNC(=NCc1cccc(OCC(N)=O)c1)NCCOc1ccccc1. The van der Waals surface area contributed by atoms with Gasteiger partial charge in [0.15, 0.2) is 12.6 Å². The van der Waals surface area contributed by atoms with E-state index in [1.54, 1.807) is 6.07 Å². The van der Waals surface area contributed by atoms with Crippen LogP contribution in [-0.4, -0.2) is 38.2 Å². The molecule has 2 aromatic carbocycles. The molecule has 0 aliphatic heterocycles. The first-order valence-corrected chi connectivity index (χ1v) is 8.87. The fourth-order valence-electron chi connectivity index (χ4n) is 2.26. The van der Waals surface area contributed by atoms with Crippen LogP contribution in [0.15, 0.2) is 59.6 Å².